The number of rotatable bonds is 3. The van der Waals surface area contributed by atoms with Gasteiger partial charge in [-0.3, -0.25) is 4.68 Å². The molecule has 1 aliphatic rings. The highest BCUT2D eigenvalue weighted by Gasteiger charge is 2.20. The largest absolute Gasteiger partial charge is 0.252 e. The van der Waals surface area contributed by atoms with Crippen LogP contribution in [0.4, 0.5) is 0 Å². The Morgan fingerprint density at radius 3 is 3.05 bits per heavy atom. The van der Waals surface area contributed by atoms with Gasteiger partial charge in [0.2, 0.25) is 0 Å². The third-order valence-electron chi connectivity index (χ3n) is 3.86. The maximum atomic E-state index is 4.24. The summed E-state index contributed by atoms with van der Waals surface area (Å²) in [5.74, 6) is 0.574. The van der Waals surface area contributed by atoms with Crippen molar-refractivity contribution in [2.45, 2.75) is 43.5 Å². The molecule has 0 spiro atoms. The Bertz CT molecular complexity index is 562. The van der Waals surface area contributed by atoms with E-state index in [0.717, 1.165) is 12.2 Å². The highest BCUT2D eigenvalue weighted by molar-refractivity contribution is 9.09. The fraction of sp³-hybridized carbons (Fsp3) is 0.467. The monoisotopic (exact) mass is 319 g/mol. The average Bonchev–Trinajstić information content (AvgIpc) is 2.88. The summed E-state index contributed by atoms with van der Waals surface area (Å²) in [4.78, 5) is 0.264. The molecule has 0 amide bonds. The van der Waals surface area contributed by atoms with Gasteiger partial charge in [0.05, 0.1) is 10.5 Å². The van der Waals surface area contributed by atoms with E-state index >= 15 is 0 Å². The SMILES string of the molecule is CC(Br)c1cn(CC2CCCc3ccccc32)nn1. The van der Waals surface area contributed by atoms with Gasteiger partial charge in [-0.15, -0.1) is 5.10 Å². The van der Waals surface area contributed by atoms with Crippen LogP contribution in [0.3, 0.4) is 0 Å². The van der Waals surface area contributed by atoms with Crippen molar-refractivity contribution in [3.8, 4) is 0 Å². The van der Waals surface area contributed by atoms with Crippen LogP contribution in [-0.2, 0) is 13.0 Å². The van der Waals surface area contributed by atoms with E-state index in [9.17, 15) is 0 Å². The lowest BCUT2D eigenvalue weighted by Gasteiger charge is -2.25. The summed E-state index contributed by atoms with van der Waals surface area (Å²) in [6.07, 6.45) is 5.79. The topological polar surface area (TPSA) is 30.7 Å². The molecule has 1 aromatic heterocycles. The molecule has 3 nitrogen and oxygen atoms in total. The van der Waals surface area contributed by atoms with Crippen LogP contribution in [0.1, 0.15) is 47.3 Å². The lowest BCUT2D eigenvalue weighted by molar-refractivity contribution is 0.449. The zero-order valence-corrected chi connectivity index (χ0v) is 12.7. The summed E-state index contributed by atoms with van der Waals surface area (Å²) in [5, 5.41) is 8.44. The lowest BCUT2D eigenvalue weighted by atomic mass is 9.83. The third kappa shape index (κ3) is 2.73. The van der Waals surface area contributed by atoms with Gasteiger partial charge >= 0.3 is 0 Å². The van der Waals surface area contributed by atoms with E-state index in [-0.39, 0.29) is 4.83 Å². The number of aromatic nitrogens is 3. The molecule has 0 saturated carbocycles. The Hall–Kier alpha value is -1.16. The molecule has 0 N–H and O–H groups in total. The summed E-state index contributed by atoms with van der Waals surface area (Å²) in [6, 6.07) is 8.81. The van der Waals surface area contributed by atoms with E-state index in [1.807, 2.05) is 4.68 Å². The minimum atomic E-state index is 0.264. The van der Waals surface area contributed by atoms with Crippen LogP contribution in [0.5, 0.6) is 0 Å². The van der Waals surface area contributed by atoms with E-state index in [2.05, 4.69) is 63.6 Å². The molecule has 0 radical (unpaired) electrons. The summed E-state index contributed by atoms with van der Waals surface area (Å²) >= 11 is 3.53. The molecule has 4 heteroatoms. The Morgan fingerprint density at radius 1 is 1.42 bits per heavy atom. The molecule has 19 heavy (non-hydrogen) atoms. The molecule has 100 valence electrons. The van der Waals surface area contributed by atoms with E-state index in [1.165, 1.54) is 30.4 Å². The zero-order chi connectivity index (χ0) is 13.2. The quantitative estimate of drug-likeness (QED) is 0.804. The number of nitrogens with zero attached hydrogens (tertiary/aromatic N) is 3. The van der Waals surface area contributed by atoms with Crippen molar-refractivity contribution in [2.24, 2.45) is 0 Å². The number of hydrogen-bond acceptors (Lipinski definition) is 2. The first-order valence-electron chi connectivity index (χ1n) is 6.86. The molecule has 2 atom stereocenters. The highest BCUT2D eigenvalue weighted by atomic mass is 79.9. The van der Waals surface area contributed by atoms with Crippen molar-refractivity contribution in [2.75, 3.05) is 0 Å². The van der Waals surface area contributed by atoms with Gasteiger partial charge in [0.1, 0.15) is 0 Å². The van der Waals surface area contributed by atoms with Crippen LogP contribution in [0, 0.1) is 0 Å². The normalized spacial score (nSPS) is 20.0. The minimum absolute atomic E-state index is 0.264. The number of hydrogen-bond donors (Lipinski definition) is 0. The fourth-order valence-electron chi connectivity index (χ4n) is 2.85. The van der Waals surface area contributed by atoms with Crippen LogP contribution in [0.2, 0.25) is 0 Å². The number of alkyl halides is 1. The van der Waals surface area contributed by atoms with Crippen LogP contribution in [-0.4, -0.2) is 15.0 Å². The van der Waals surface area contributed by atoms with Crippen molar-refractivity contribution in [3.63, 3.8) is 0 Å². The lowest BCUT2D eigenvalue weighted by Crippen LogP contribution is -2.15. The van der Waals surface area contributed by atoms with E-state index in [0.29, 0.717) is 5.92 Å². The number of fused-ring (bicyclic) bond motifs is 1. The molecular weight excluding hydrogens is 302 g/mol. The predicted octanol–water partition coefficient (Wildman–Crippen LogP) is 3.85. The number of aryl methyl sites for hydroxylation is 1. The fourth-order valence-corrected chi connectivity index (χ4v) is 3.06. The van der Waals surface area contributed by atoms with E-state index < -0.39 is 0 Å². The first-order chi connectivity index (χ1) is 9.24. The first-order valence-corrected chi connectivity index (χ1v) is 7.77. The second kappa shape index (κ2) is 5.45. The van der Waals surface area contributed by atoms with E-state index in [4.69, 9.17) is 0 Å². The molecule has 0 saturated heterocycles. The van der Waals surface area contributed by atoms with Crippen molar-refractivity contribution < 1.29 is 0 Å². The second-order valence-electron chi connectivity index (χ2n) is 5.27. The van der Waals surface area contributed by atoms with Crippen molar-refractivity contribution in [1.29, 1.82) is 0 Å². The summed E-state index contributed by atoms with van der Waals surface area (Å²) in [6.45, 7) is 3.01. The maximum Gasteiger partial charge on any atom is 0.0960 e. The summed E-state index contributed by atoms with van der Waals surface area (Å²) in [5.41, 5.74) is 4.01. The molecule has 0 fully saturated rings. The van der Waals surface area contributed by atoms with Gasteiger partial charge in [-0.25, -0.2) is 0 Å². The molecule has 0 bridgehead atoms. The van der Waals surface area contributed by atoms with Crippen molar-refractivity contribution in [3.05, 3.63) is 47.3 Å². The zero-order valence-electron chi connectivity index (χ0n) is 11.1. The molecule has 1 aliphatic carbocycles. The molecular formula is C15H18BrN3. The number of halogens is 1. The van der Waals surface area contributed by atoms with Crippen molar-refractivity contribution >= 4 is 15.9 Å². The summed E-state index contributed by atoms with van der Waals surface area (Å²) < 4.78 is 1.99. The Morgan fingerprint density at radius 2 is 2.26 bits per heavy atom. The molecule has 2 unspecified atom stereocenters. The Balaban J connectivity index is 1.80. The van der Waals surface area contributed by atoms with Gasteiger partial charge in [0.15, 0.2) is 0 Å². The van der Waals surface area contributed by atoms with Gasteiger partial charge in [0, 0.05) is 18.7 Å². The van der Waals surface area contributed by atoms with E-state index in [1.54, 1.807) is 0 Å². The average molecular weight is 320 g/mol. The van der Waals surface area contributed by atoms with Gasteiger partial charge < -0.3 is 0 Å². The molecule has 3 rings (SSSR count). The molecule has 0 aliphatic heterocycles. The molecule has 1 aromatic carbocycles. The number of benzene rings is 1. The third-order valence-corrected chi connectivity index (χ3v) is 4.33. The van der Waals surface area contributed by atoms with Gasteiger partial charge in [-0.2, -0.15) is 0 Å². The standard InChI is InChI=1S/C15H18BrN3/c1-11(16)15-10-19(18-17-15)9-13-7-4-6-12-5-2-3-8-14(12)13/h2-3,5,8,10-11,13H,4,6-7,9H2,1H3. The molecule has 2 aromatic rings. The van der Waals surface area contributed by atoms with Gasteiger partial charge in [0.25, 0.3) is 0 Å². The second-order valence-corrected chi connectivity index (χ2v) is 6.64. The van der Waals surface area contributed by atoms with Gasteiger partial charge in [-0.1, -0.05) is 45.4 Å². The smallest absolute Gasteiger partial charge is 0.0960 e. The Kier molecular flexibility index (Phi) is 3.69. The van der Waals surface area contributed by atoms with Crippen LogP contribution >= 0.6 is 15.9 Å². The Labute approximate surface area is 122 Å². The minimum Gasteiger partial charge on any atom is -0.252 e. The highest BCUT2D eigenvalue weighted by Crippen LogP contribution is 2.32. The predicted molar refractivity (Wildman–Crippen MR) is 79.5 cm³/mol. The molecule has 1 heterocycles. The summed E-state index contributed by atoms with van der Waals surface area (Å²) in [7, 11) is 0. The maximum absolute atomic E-state index is 4.24. The van der Waals surface area contributed by atoms with Crippen LogP contribution in [0.15, 0.2) is 30.5 Å². The van der Waals surface area contributed by atoms with Crippen LogP contribution < -0.4 is 0 Å². The van der Waals surface area contributed by atoms with Crippen molar-refractivity contribution in [1.82, 2.24) is 15.0 Å². The first kappa shape index (κ1) is 12.9. The van der Waals surface area contributed by atoms with Gasteiger partial charge in [-0.05, 0) is 37.3 Å². The van der Waals surface area contributed by atoms with Crippen LogP contribution in [0.25, 0.3) is 0 Å².